The summed E-state index contributed by atoms with van der Waals surface area (Å²) in [6.45, 7) is 5.77. The van der Waals surface area contributed by atoms with Crippen molar-refractivity contribution in [3.05, 3.63) is 48.2 Å². The lowest BCUT2D eigenvalue weighted by molar-refractivity contribution is 0.555. The Hall–Kier alpha value is -2.21. The molecule has 1 unspecified atom stereocenters. The maximum atomic E-state index is 4.29. The van der Waals surface area contributed by atoms with Gasteiger partial charge >= 0.3 is 0 Å². The highest BCUT2D eigenvalue weighted by Crippen LogP contribution is 2.12. The zero-order valence-electron chi connectivity index (χ0n) is 11.7. The van der Waals surface area contributed by atoms with Gasteiger partial charge in [-0.3, -0.25) is 9.08 Å². The van der Waals surface area contributed by atoms with E-state index in [0.29, 0.717) is 6.54 Å². The van der Waals surface area contributed by atoms with Gasteiger partial charge in [0.25, 0.3) is 0 Å². The van der Waals surface area contributed by atoms with Gasteiger partial charge in [-0.1, -0.05) is 6.07 Å². The summed E-state index contributed by atoms with van der Waals surface area (Å²) < 4.78 is 3.93. The van der Waals surface area contributed by atoms with Gasteiger partial charge in [-0.25, -0.2) is 0 Å². The molecule has 1 N–H and O–H groups in total. The zero-order chi connectivity index (χ0) is 13.9. The first-order chi connectivity index (χ1) is 9.78. The van der Waals surface area contributed by atoms with Gasteiger partial charge in [0, 0.05) is 30.5 Å². The van der Waals surface area contributed by atoms with Gasteiger partial charge in [0.15, 0.2) is 11.5 Å². The van der Waals surface area contributed by atoms with Crippen LogP contribution in [0.1, 0.15) is 31.3 Å². The topological polar surface area (TPSA) is 60.0 Å². The zero-order valence-corrected chi connectivity index (χ0v) is 11.7. The minimum atomic E-state index is 0.228. The molecule has 0 saturated heterocycles. The van der Waals surface area contributed by atoms with Gasteiger partial charge in [0.1, 0.15) is 0 Å². The summed E-state index contributed by atoms with van der Waals surface area (Å²) in [5, 5.41) is 16.1. The van der Waals surface area contributed by atoms with Crippen molar-refractivity contribution in [2.75, 3.05) is 0 Å². The van der Waals surface area contributed by atoms with Crippen molar-refractivity contribution in [1.82, 2.24) is 29.7 Å². The fraction of sp³-hybridized carbons (Fsp3) is 0.357. The Morgan fingerprint density at radius 2 is 2.20 bits per heavy atom. The molecule has 3 aromatic rings. The fourth-order valence-corrected chi connectivity index (χ4v) is 2.15. The highest BCUT2D eigenvalue weighted by Gasteiger charge is 2.10. The second-order valence-corrected chi connectivity index (χ2v) is 4.78. The van der Waals surface area contributed by atoms with Crippen LogP contribution in [0.15, 0.2) is 36.8 Å². The van der Waals surface area contributed by atoms with Crippen LogP contribution in [0, 0.1) is 0 Å². The molecule has 0 amide bonds. The quantitative estimate of drug-likeness (QED) is 0.768. The normalized spacial score (nSPS) is 12.9. The molecular weight excluding hydrogens is 252 g/mol. The molecule has 20 heavy (non-hydrogen) atoms. The van der Waals surface area contributed by atoms with Crippen molar-refractivity contribution >= 4 is 5.65 Å². The summed E-state index contributed by atoms with van der Waals surface area (Å²) >= 11 is 0. The van der Waals surface area contributed by atoms with Crippen molar-refractivity contribution in [3.63, 3.8) is 0 Å². The average Bonchev–Trinajstić information content (AvgIpc) is 3.11. The van der Waals surface area contributed by atoms with E-state index in [1.54, 1.807) is 0 Å². The third kappa shape index (κ3) is 2.42. The molecule has 0 aliphatic carbocycles. The molecule has 3 rings (SSSR count). The molecule has 104 valence electrons. The minimum Gasteiger partial charge on any atom is -0.303 e. The number of rotatable bonds is 5. The summed E-state index contributed by atoms with van der Waals surface area (Å²) in [6.07, 6.45) is 5.95. The van der Waals surface area contributed by atoms with Crippen molar-refractivity contribution in [2.45, 2.75) is 33.0 Å². The monoisotopic (exact) mass is 270 g/mol. The van der Waals surface area contributed by atoms with Crippen LogP contribution in [0.25, 0.3) is 5.65 Å². The molecule has 0 aromatic carbocycles. The number of aromatic nitrogens is 5. The maximum Gasteiger partial charge on any atom is 0.160 e. The molecule has 0 fully saturated rings. The number of hydrogen-bond acceptors (Lipinski definition) is 4. The van der Waals surface area contributed by atoms with E-state index in [1.807, 2.05) is 39.7 Å². The van der Waals surface area contributed by atoms with Crippen LogP contribution in [0.4, 0.5) is 0 Å². The number of nitrogens with one attached hydrogen (secondary N) is 1. The second kappa shape index (κ2) is 5.42. The lowest BCUT2D eigenvalue weighted by Gasteiger charge is -2.10. The highest BCUT2D eigenvalue weighted by atomic mass is 15.3. The third-order valence-electron chi connectivity index (χ3n) is 3.43. The molecule has 0 aliphatic rings. The predicted octanol–water partition coefficient (Wildman–Crippen LogP) is 1.80. The Bertz CT molecular complexity index is 698. The van der Waals surface area contributed by atoms with Gasteiger partial charge in [-0.05, 0) is 26.0 Å². The van der Waals surface area contributed by atoms with Gasteiger partial charge < -0.3 is 5.32 Å². The van der Waals surface area contributed by atoms with Crippen LogP contribution < -0.4 is 5.32 Å². The van der Waals surface area contributed by atoms with E-state index in [1.165, 1.54) is 5.56 Å². The standard InChI is InChI=1S/C14H18N6/c1-3-19-10-12(8-16-19)11(2)15-9-14-18-17-13-6-4-5-7-20(13)14/h4-8,10-11,15H,3,9H2,1-2H3. The fourth-order valence-electron chi connectivity index (χ4n) is 2.15. The van der Waals surface area contributed by atoms with Crippen LogP contribution in [0.2, 0.25) is 0 Å². The van der Waals surface area contributed by atoms with E-state index in [9.17, 15) is 0 Å². The van der Waals surface area contributed by atoms with Gasteiger partial charge in [0.05, 0.1) is 12.7 Å². The Labute approximate surface area is 117 Å². The number of hydrogen-bond donors (Lipinski definition) is 1. The van der Waals surface area contributed by atoms with Gasteiger partial charge in [-0.2, -0.15) is 5.10 Å². The van der Waals surface area contributed by atoms with Crippen LogP contribution in [0.5, 0.6) is 0 Å². The SMILES string of the molecule is CCn1cc(C(C)NCc2nnc3ccccn23)cn1. The van der Waals surface area contributed by atoms with E-state index in [-0.39, 0.29) is 6.04 Å². The van der Waals surface area contributed by atoms with Crippen molar-refractivity contribution in [3.8, 4) is 0 Å². The second-order valence-electron chi connectivity index (χ2n) is 4.78. The molecule has 0 radical (unpaired) electrons. The molecule has 0 aliphatic heterocycles. The molecule has 6 nitrogen and oxygen atoms in total. The summed E-state index contributed by atoms with van der Waals surface area (Å²) in [4.78, 5) is 0. The molecule has 3 aromatic heterocycles. The number of fused-ring (bicyclic) bond motifs is 1. The Kier molecular flexibility index (Phi) is 3.47. The number of pyridine rings is 1. The van der Waals surface area contributed by atoms with Crippen LogP contribution in [-0.4, -0.2) is 24.4 Å². The average molecular weight is 270 g/mol. The van der Waals surface area contributed by atoms with E-state index in [2.05, 4.69) is 40.7 Å². The van der Waals surface area contributed by atoms with E-state index in [0.717, 1.165) is 18.0 Å². The third-order valence-corrected chi connectivity index (χ3v) is 3.43. The maximum absolute atomic E-state index is 4.29. The smallest absolute Gasteiger partial charge is 0.160 e. The largest absolute Gasteiger partial charge is 0.303 e. The summed E-state index contributed by atoms with van der Waals surface area (Å²) in [6, 6.07) is 6.12. The van der Waals surface area contributed by atoms with E-state index in [4.69, 9.17) is 0 Å². The lowest BCUT2D eigenvalue weighted by atomic mass is 10.2. The predicted molar refractivity (Wildman–Crippen MR) is 76.1 cm³/mol. The van der Waals surface area contributed by atoms with Crippen LogP contribution in [0.3, 0.4) is 0 Å². The summed E-state index contributed by atoms with van der Waals surface area (Å²) in [5.41, 5.74) is 2.05. The Balaban J connectivity index is 1.69. The molecule has 0 bridgehead atoms. The first-order valence-electron chi connectivity index (χ1n) is 6.82. The molecule has 1 atom stereocenters. The first kappa shape index (κ1) is 12.8. The van der Waals surface area contributed by atoms with Crippen LogP contribution >= 0.6 is 0 Å². The Morgan fingerprint density at radius 3 is 3.00 bits per heavy atom. The molecule has 3 heterocycles. The van der Waals surface area contributed by atoms with E-state index >= 15 is 0 Å². The van der Waals surface area contributed by atoms with Crippen molar-refractivity contribution in [2.24, 2.45) is 0 Å². The van der Waals surface area contributed by atoms with Gasteiger partial charge in [-0.15, -0.1) is 10.2 Å². The lowest BCUT2D eigenvalue weighted by Crippen LogP contribution is -2.19. The molecular formula is C14H18N6. The number of aryl methyl sites for hydroxylation is 1. The number of nitrogens with zero attached hydrogens (tertiary/aromatic N) is 5. The van der Waals surface area contributed by atoms with Crippen molar-refractivity contribution in [1.29, 1.82) is 0 Å². The molecule has 0 saturated carbocycles. The molecule has 0 spiro atoms. The van der Waals surface area contributed by atoms with E-state index < -0.39 is 0 Å². The minimum absolute atomic E-state index is 0.228. The Morgan fingerprint density at radius 1 is 1.30 bits per heavy atom. The van der Waals surface area contributed by atoms with Crippen molar-refractivity contribution < 1.29 is 0 Å². The summed E-state index contributed by atoms with van der Waals surface area (Å²) in [5.74, 6) is 0.912. The first-order valence-corrected chi connectivity index (χ1v) is 6.82. The highest BCUT2D eigenvalue weighted by molar-refractivity contribution is 5.36. The molecule has 6 heteroatoms. The van der Waals surface area contributed by atoms with Crippen LogP contribution in [-0.2, 0) is 13.1 Å². The summed E-state index contributed by atoms with van der Waals surface area (Å²) in [7, 11) is 0. The van der Waals surface area contributed by atoms with Gasteiger partial charge in [0.2, 0.25) is 0 Å².